The Morgan fingerprint density at radius 1 is 1.30 bits per heavy atom. The van der Waals surface area contributed by atoms with Gasteiger partial charge in [0.25, 0.3) is 5.91 Å². The van der Waals surface area contributed by atoms with Crippen molar-refractivity contribution in [1.29, 1.82) is 0 Å². The summed E-state index contributed by atoms with van der Waals surface area (Å²) in [6.07, 6.45) is 0. The minimum atomic E-state index is -0.339. The number of anilines is 2. The molecule has 0 spiro atoms. The molecule has 2 aromatic rings. The van der Waals surface area contributed by atoms with Gasteiger partial charge in [-0.1, -0.05) is 0 Å². The number of hydrogen-bond donors (Lipinski definition) is 3. The Balaban J connectivity index is 2.21. The van der Waals surface area contributed by atoms with Gasteiger partial charge in [0.05, 0.1) is 22.1 Å². The zero-order valence-corrected chi connectivity index (χ0v) is 12.8. The largest absolute Gasteiger partial charge is 0.507 e. The number of halogens is 1. The average Bonchev–Trinajstić information content (AvgIpc) is 2.43. The lowest BCUT2D eigenvalue weighted by Gasteiger charge is -2.10. The Bertz CT molecular complexity index is 659. The number of nitrogens with two attached hydrogens (primary N) is 1. The van der Waals surface area contributed by atoms with Crippen molar-refractivity contribution in [3.63, 3.8) is 0 Å². The third-order valence-electron chi connectivity index (χ3n) is 2.72. The van der Waals surface area contributed by atoms with Crippen molar-refractivity contribution in [3.05, 3.63) is 45.5 Å². The van der Waals surface area contributed by atoms with E-state index in [0.29, 0.717) is 26.3 Å². The van der Waals surface area contributed by atoms with Gasteiger partial charge in [0.15, 0.2) is 0 Å². The smallest absolute Gasteiger partial charge is 0.255 e. The number of benzene rings is 2. The summed E-state index contributed by atoms with van der Waals surface area (Å²) in [7, 11) is 1.54. The van der Waals surface area contributed by atoms with E-state index < -0.39 is 0 Å². The summed E-state index contributed by atoms with van der Waals surface area (Å²) in [6, 6.07) is 9.71. The van der Waals surface area contributed by atoms with E-state index >= 15 is 0 Å². The number of nitrogen functional groups attached to an aromatic ring is 1. The molecule has 0 aliphatic carbocycles. The van der Waals surface area contributed by atoms with Crippen LogP contribution in [0.15, 0.2) is 36.4 Å². The molecule has 0 unspecified atom stereocenters. The van der Waals surface area contributed by atoms with E-state index in [0.717, 1.165) is 0 Å². The number of carbonyl (C=O) groups excluding carboxylic acids is 1. The molecule has 0 fully saturated rings. The number of ether oxygens (including phenoxy) is 1. The van der Waals surface area contributed by atoms with E-state index in [1.165, 1.54) is 6.07 Å². The fraction of sp³-hybridized carbons (Fsp3) is 0.0714. The second kappa shape index (κ2) is 6.00. The van der Waals surface area contributed by atoms with Crippen LogP contribution >= 0.6 is 22.6 Å². The molecule has 0 aromatic heterocycles. The van der Waals surface area contributed by atoms with E-state index in [9.17, 15) is 9.90 Å². The van der Waals surface area contributed by atoms with Crippen molar-refractivity contribution in [1.82, 2.24) is 0 Å². The summed E-state index contributed by atoms with van der Waals surface area (Å²) >= 11 is 1.99. The zero-order valence-electron chi connectivity index (χ0n) is 10.7. The van der Waals surface area contributed by atoms with Crippen molar-refractivity contribution >= 4 is 39.9 Å². The Morgan fingerprint density at radius 3 is 2.65 bits per heavy atom. The van der Waals surface area contributed by atoms with Crippen LogP contribution < -0.4 is 15.8 Å². The first-order valence-electron chi connectivity index (χ1n) is 5.74. The fourth-order valence-electron chi connectivity index (χ4n) is 1.63. The number of nitrogens with one attached hydrogen (secondary N) is 1. The number of rotatable bonds is 3. The third-order valence-corrected chi connectivity index (χ3v) is 3.63. The van der Waals surface area contributed by atoms with E-state index in [1.54, 1.807) is 37.4 Å². The normalized spacial score (nSPS) is 10.1. The predicted molar refractivity (Wildman–Crippen MR) is 86.2 cm³/mol. The average molecular weight is 384 g/mol. The van der Waals surface area contributed by atoms with Crippen LogP contribution in [-0.2, 0) is 0 Å². The molecule has 0 heterocycles. The molecule has 0 radical (unpaired) electrons. The van der Waals surface area contributed by atoms with Crippen molar-refractivity contribution in [3.8, 4) is 11.5 Å². The highest BCUT2D eigenvalue weighted by molar-refractivity contribution is 14.1. The second-order valence-electron chi connectivity index (χ2n) is 4.07. The quantitative estimate of drug-likeness (QED) is 0.561. The van der Waals surface area contributed by atoms with Crippen LogP contribution in [0.3, 0.4) is 0 Å². The van der Waals surface area contributed by atoms with Gasteiger partial charge >= 0.3 is 0 Å². The molecular weight excluding hydrogens is 371 g/mol. The number of phenolic OH excluding ortho intramolecular Hbond substituents is 1. The van der Waals surface area contributed by atoms with E-state index in [4.69, 9.17) is 10.5 Å². The molecule has 0 saturated heterocycles. The predicted octanol–water partition coefficient (Wildman–Crippen LogP) is 2.84. The van der Waals surface area contributed by atoms with Gasteiger partial charge in [-0.25, -0.2) is 0 Å². The Morgan fingerprint density at radius 2 is 2.05 bits per heavy atom. The van der Waals surface area contributed by atoms with Crippen molar-refractivity contribution in [2.75, 3.05) is 18.2 Å². The molecule has 0 aliphatic heterocycles. The maximum Gasteiger partial charge on any atom is 0.255 e. The van der Waals surface area contributed by atoms with Crippen molar-refractivity contribution in [2.24, 2.45) is 0 Å². The number of methoxy groups -OCH3 is 1. The van der Waals surface area contributed by atoms with Gasteiger partial charge in [-0.05, 0) is 52.9 Å². The highest BCUT2D eigenvalue weighted by atomic mass is 127. The van der Waals surface area contributed by atoms with Crippen LogP contribution in [0.2, 0.25) is 0 Å². The fourth-order valence-corrected chi connectivity index (χ4v) is 1.97. The number of carbonyl (C=O) groups is 1. The lowest BCUT2D eigenvalue weighted by molar-refractivity contribution is 0.102. The second-order valence-corrected chi connectivity index (χ2v) is 5.24. The molecule has 20 heavy (non-hydrogen) atoms. The molecule has 5 nitrogen and oxygen atoms in total. The van der Waals surface area contributed by atoms with Crippen LogP contribution in [0.4, 0.5) is 11.4 Å². The van der Waals surface area contributed by atoms with Crippen molar-refractivity contribution in [2.45, 2.75) is 0 Å². The van der Waals surface area contributed by atoms with Gasteiger partial charge in [0.1, 0.15) is 11.5 Å². The van der Waals surface area contributed by atoms with E-state index in [2.05, 4.69) is 5.32 Å². The Hall–Kier alpha value is -1.96. The van der Waals surface area contributed by atoms with Gasteiger partial charge in [-0.3, -0.25) is 4.79 Å². The van der Waals surface area contributed by atoms with Gasteiger partial charge in [-0.2, -0.15) is 0 Å². The molecule has 2 aromatic carbocycles. The van der Waals surface area contributed by atoms with Gasteiger partial charge in [0, 0.05) is 11.6 Å². The zero-order chi connectivity index (χ0) is 14.7. The Labute approximate surface area is 129 Å². The number of hydrogen-bond acceptors (Lipinski definition) is 4. The molecule has 0 bridgehead atoms. The molecule has 0 atom stereocenters. The molecule has 4 N–H and O–H groups in total. The molecule has 104 valence electrons. The minimum Gasteiger partial charge on any atom is -0.507 e. The molecule has 0 aliphatic rings. The molecule has 0 saturated carbocycles. The number of amides is 1. The molecule has 2 rings (SSSR count). The van der Waals surface area contributed by atoms with Crippen molar-refractivity contribution < 1.29 is 14.6 Å². The standard InChI is InChI=1S/C14H13IN2O3/c1-20-9-3-5-12(11(16)7-9)17-14(19)8-2-4-10(15)13(18)6-8/h2-7,18H,16H2,1H3,(H,17,19). The summed E-state index contributed by atoms with van der Waals surface area (Å²) in [5.41, 5.74) is 7.10. The van der Waals surface area contributed by atoms with Crippen LogP contribution in [-0.4, -0.2) is 18.1 Å². The first-order valence-corrected chi connectivity index (χ1v) is 6.82. The lowest BCUT2D eigenvalue weighted by Crippen LogP contribution is -2.13. The first kappa shape index (κ1) is 14.4. The monoisotopic (exact) mass is 384 g/mol. The van der Waals surface area contributed by atoms with Crippen LogP contribution in [0.1, 0.15) is 10.4 Å². The SMILES string of the molecule is COc1ccc(NC(=O)c2ccc(I)c(O)c2)c(N)c1. The molecule has 1 amide bonds. The topological polar surface area (TPSA) is 84.6 Å². The summed E-state index contributed by atoms with van der Waals surface area (Å²) < 4.78 is 5.73. The summed E-state index contributed by atoms with van der Waals surface area (Å²) in [5.74, 6) is 0.349. The van der Waals surface area contributed by atoms with Gasteiger partial charge in [-0.15, -0.1) is 0 Å². The number of aromatic hydroxyl groups is 1. The van der Waals surface area contributed by atoms with Gasteiger partial charge < -0.3 is 20.9 Å². The van der Waals surface area contributed by atoms with Gasteiger partial charge in [0.2, 0.25) is 0 Å². The molecular formula is C14H13IN2O3. The highest BCUT2D eigenvalue weighted by Gasteiger charge is 2.10. The Kier molecular flexibility index (Phi) is 4.33. The lowest BCUT2D eigenvalue weighted by atomic mass is 10.2. The first-order chi connectivity index (χ1) is 9.51. The molecule has 6 heteroatoms. The van der Waals surface area contributed by atoms with E-state index in [-0.39, 0.29) is 11.7 Å². The van der Waals surface area contributed by atoms with Crippen LogP contribution in [0.5, 0.6) is 11.5 Å². The van der Waals surface area contributed by atoms with Crippen LogP contribution in [0, 0.1) is 3.57 Å². The third kappa shape index (κ3) is 3.13. The van der Waals surface area contributed by atoms with Crippen LogP contribution in [0.25, 0.3) is 0 Å². The maximum atomic E-state index is 12.1. The number of phenols is 1. The summed E-state index contributed by atoms with van der Waals surface area (Å²) in [4.78, 5) is 12.1. The minimum absolute atomic E-state index is 0.0703. The van der Waals surface area contributed by atoms with E-state index in [1.807, 2.05) is 22.6 Å². The summed E-state index contributed by atoms with van der Waals surface area (Å²) in [5, 5.41) is 12.3. The summed E-state index contributed by atoms with van der Waals surface area (Å²) in [6.45, 7) is 0. The maximum absolute atomic E-state index is 12.1. The highest BCUT2D eigenvalue weighted by Crippen LogP contribution is 2.25.